The predicted octanol–water partition coefficient (Wildman–Crippen LogP) is 0.647. The smallest absolute Gasteiger partial charge is 0.229 e. The number of hydrogen-bond acceptors (Lipinski definition) is 9. The summed E-state index contributed by atoms with van der Waals surface area (Å²) < 4.78 is 21.7. The van der Waals surface area contributed by atoms with Crippen molar-refractivity contribution in [3.8, 4) is 22.6 Å². The molecule has 9 nitrogen and oxygen atoms in total. The molecule has 0 amide bonds. The van der Waals surface area contributed by atoms with Crippen molar-refractivity contribution < 1.29 is 39.1 Å². The summed E-state index contributed by atoms with van der Waals surface area (Å²) in [6.07, 6.45) is -5.65. The van der Waals surface area contributed by atoms with Crippen LogP contribution in [0.1, 0.15) is 0 Å². The van der Waals surface area contributed by atoms with Crippen LogP contribution in [-0.4, -0.2) is 64.8 Å². The first kappa shape index (κ1) is 21.3. The van der Waals surface area contributed by atoms with Gasteiger partial charge in [-0.15, -0.1) is 0 Å². The summed E-state index contributed by atoms with van der Waals surface area (Å²) in [6, 6.07) is 11.5. The quantitative estimate of drug-likeness (QED) is 0.459. The van der Waals surface area contributed by atoms with Gasteiger partial charge in [-0.3, -0.25) is 4.79 Å². The fourth-order valence-corrected chi connectivity index (χ4v) is 3.45. The van der Waals surface area contributed by atoms with E-state index in [9.17, 15) is 25.2 Å². The van der Waals surface area contributed by atoms with Gasteiger partial charge in [-0.25, -0.2) is 0 Å². The van der Waals surface area contributed by atoms with E-state index in [4.69, 9.17) is 18.6 Å². The normalized spacial score (nSPS) is 26.0. The Hall–Kier alpha value is -2.95. The fraction of sp³-hybridized carbons (Fsp3) is 0.318. The summed E-state index contributed by atoms with van der Waals surface area (Å²) in [5, 5.41) is 39.5. The highest BCUT2D eigenvalue weighted by molar-refractivity contribution is 5.82. The number of hydrogen-bond donors (Lipinski definition) is 4. The van der Waals surface area contributed by atoms with Crippen molar-refractivity contribution in [2.24, 2.45) is 0 Å². The predicted molar refractivity (Wildman–Crippen MR) is 109 cm³/mol. The molecule has 1 saturated heterocycles. The van der Waals surface area contributed by atoms with Gasteiger partial charge in [0.25, 0.3) is 0 Å². The zero-order chi connectivity index (χ0) is 22.1. The summed E-state index contributed by atoms with van der Waals surface area (Å²) in [7, 11) is 1.56. The van der Waals surface area contributed by atoms with E-state index >= 15 is 0 Å². The van der Waals surface area contributed by atoms with Gasteiger partial charge < -0.3 is 39.1 Å². The van der Waals surface area contributed by atoms with Gasteiger partial charge in [0.1, 0.15) is 47.8 Å². The van der Waals surface area contributed by atoms with Crippen molar-refractivity contribution in [2.45, 2.75) is 30.7 Å². The molecule has 0 radical (unpaired) electrons. The first-order valence-electron chi connectivity index (χ1n) is 9.60. The number of methoxy groups -OCH3 is 1. The van der Waals surface area contributed by atoms with Crippen molar-refractivity contribution in [1.29, 1.82) is 0 Å². The Bertz CT molecular complexity index is 1110. The third-order valence-electron chi connectivity index (χ3n) is 5.25. The number of benzene rings is 2. The van der Waals surface area contributed by atoms with Crippen LogP contribution in [0.5, 0.6) is 11.5 Å². The lowest BCUT2D eigenvalue weighted by Gasteiger charge is -2.39. The van der Waals surface area contributed by atoms with Crippen LogP contribution in [0.3, 0.4) is 0 Å². The molecule has 164 valence electrons. The van der Waals surface area contributed by atoms with Gasteiger partial charge in [0, 0.05) is 6.07 Å². The van der Waals surface area contributed by atoms with E-state index in [-0.39, 0.29) is 16.8 Å². The maximum atomic E-state index is 12.9. The Labute approximate surface area is 176 Å². The van der Waals surface area contributed by atoms with Crippen LogP contribution in [-0.2, 0) is 4.74 Å². The topological polar surface area (TPSA) is 139 Å². The van der Waals surface area contributed by atoms with Crippen molar-refractivity contribution in [3.63, 3.8) is 0 Å². The van der Waals surface area contributed by atoms with E-state index in [1.54, 1.807) is 31.4 Å². The molecule has 9 heteroatoms. The molecule has 5 atom stereocenters. The molecule has 0 saturated carbocycles. The second-order valence-electron chi connectivity index (χ2n) is 7.18. The molecule has 1 fully saturated rings. The monoisotopic (exact) mass is 430 g/mol. The molecule has 3 aromatic rings. The maximum Gasteiger partial charge on any atom is 0.229 e. The largest absolute Gasteiger partial charge is 0.497 e. The standard InChI is InChI=1S/C22H22O9/c1-28-12-4-2-11(3-5-12)15-10-29-16-8-13(6-7-14(16)18(15)24)30-22-21(27)20(26)19(25)17(9-23)31-22/h2-8,10,17,19-23,25-27H,9H2,1H3/t17-,19-,20-,21+,22-/m1/s1. The Morgan fingerprint density at radius 1 is 0.968 bits per heavy atom. The molecule has 1 aliphatic rings. The van der Waals surface area contributed by atoms with Crippen LogP contribution < -0.4 is 14.9 Å². The Morgan fingerprint density at radius 3 is 2.35 bits per heavy atom. The van der Waals surface area contributed by atoms with Gasteiger partial charge in [0.05, 0.1) is 24.7 Å². The molecule has 1 aromatic heterocycles. The minimum Gasteiger partial charge on any atom is -0.497 e. The highest BCUT2D eigenvalue weighted by Gasteiger charge is 2.44. The summed E-state index contributed by atoms with van der Waals surface area (Å²) in [4.78, 5) is 12.9. The minimum atomic E-state index is -1.55. The first-order chi connectivity index (χ1) is 14.9. The number of aliphatic hydroxyl groups excluding tert-OH is 4. The molecule has 0 bridgehead atoms. The summed E-state index contributed by atoms with van der Waals surface area (Å²) in [6.45, 7) is -0.564. The molecule has 4 rings (SSSR count). The van der Waals surface area contributed by atoms with Gasteiger partial charge in [0.15, 0.2) is 5.43 Å². The van der Waals surface area contributed by atoms with Crippen LogP contribution in [0.2, 0.25) is 0 Å². The van der Waals surface area contributed by atoms with Gasteiger partial charge >= 0.3 is 0 Å². The highest BCUT2D eigenvalue weighted by atomic mass is 16.7. The van der Waals surface area contributed by atoms with Gasteiger partial charge in [-0.05, 0) is 29.8 Å². The summed E-state index contributed by atoms with van der Waals surface area (Å²) >= 11 is 0. The molecule has 2 aromatic carbocycles. The third kappa shape index (κ3) is 4.01. The Morgan fingerprint density at radius 2 is 1.68 bits per heavy atom. The Balaban J connectivity index is 1.61. The zero-order valence-corrected chi connectivity index (χ0v) is 16.5. The molecular formula is C22H22O9. The number of aliphatic hydroxyl groups is 4. The average molecular weight is 430 g/mol. The van der Waals surface area contributed by atoms with Crippen LogP contribution in [0.4, 0.5) is 0 Å². The molecule has 0 aliphatic carbocycles. The fourth-order valence-electron chi connectivity index (χ4n) is 3.45. The lowest BCUT2D eigenvalue weighted by molar-refractivity contribution is -0.277. The van der Waals surface area contributed by atoms with Gasteiger partial charge in [-0.2, -0.15) is 0 Å². The highest BCUT2D eigenvalue weighted by Crippen LogP contribution is 2.28. The lowest BCUT2D eigenvalue weighted by atomic mass is 9.99. The Kier molecular flexibility index (Phi) is 5.94. The van der Waals surface area contributed by atoms with Crippen LogP contribution in [0.25, 0.3) is 22.1 Å². The minimum absolute atomic E-state index is 0.206. The lowest BCUT2D eigenvalue weighted by Crippen LogP contribution is -2.60. The molecule has 31 heavy (non-hydrogen) atoms. The van der Waals surface area contributed by atoms with Crippen molar-refractivity contribution >= 4 is 11.0 Å². The number of ether oxygens (including phenoxy) is 3. The van der Waals surface area contributed by atoms with E-state index in [2.05, 4.69) is 0 Å². The molecular weight excluding hydrogens is 408 g/mol. The van der Waals surface area contributed by atoms with E-state index in [1.807, 2.05) is 0 Å². The van der Waals surface area contributed by atoms with E-state index in [1.165, 1.54) is 24.5 Å². The van der Waals surface area contributed by atoms with E-state index in [0.717, 1.165) is 0 Å². The summed E-state index contributed by atoms with van der Waals surface area (Å²) in [5.41, 5.74) is 1.09. The maximum absolute atomic E-state index is 12.9. The number of fused-ring (bicyclic) bond motifs is 1. The SMILES string of the molecule is COc1ccc(-c2coc3cc(O[C@@H]4O[C@H](CO)[C@@H](O)[C@@H](O)[C@@H]4O)ccc3c2=O)cc1. The first-order valence-corrected chi connectivity index (χ1v) is 9.60. The van der Waals surface area contributed by atoms with Crippen molar-refractivity contribution in [1.82, 2.24) is 0 Å². The number of rotatable bonds is 5. The van der Waals surface area contributed by atoms with Crippen molar-refractivity contribution in [3.05, 3.63) is 59.0 Å². The van der Waals surface area contributed by atoms with Crippen LogP contribution >= 0.6 is 0 Å². The second-order valence-corrected chi connectivity index (χ2v) is 7.18. The van der Waals surface area contributed by atoms with Gasteiger partial charge in [-0.1, -0.05) is 12.1 Å². The molecule has 1 aliphatic heterocycles. The molecule has 2 heterocycles. The second kappa shape index (κ2) is 8.66. The van der Waals surface area contributed by atoms with E-state index < -0.39 is 37.3 Å². The summed E-state index contributed by atoms with van der Waals surface area (Å²) in [5.74, 6) is 0.876. The van der Waals surface area contributed by atoms with Crippen LogP contribution in [0, 0.1) is 0 Å². The van der Waals surface area contributed by atoms with Crippen LogP contribution in [0.15, 0.2) is 57.9 Å². The molecule has 0 spiro atoms. The van der Waals surface area contributed by atoms with E-state index in [0.29, 0.717) is 22.3 Å². The third-order valence-corrected chi connectivity index (χ3v) is 5.25. The molecule has 4 N–H and O–H groups in total. The van der Waals surface area contributed by atoms with Crippen molar-refractivity contribution in [2.75, 3.05) is 13.7 Å². The molecule has 0 unspecified atom stereocenters. The average Bonchev–Trinajstić information content (AvgIpc) is 2.80. The zero-order valence-electron chi connectivity index (χ0n) is 16.5. The van der Waals surface area contributed by atoms with Gasteiger partial charge in [0.2, 0.25) is 6.29 Å².